The summed E-state index contributed by atoms with van der Waals surface area (Å²) in [7, 11) is 0. The standard InChI is InChI=1S/2C8H8.2C4H8/c2*1-2-8-6-4-3-5-7-8;2*1-4(2)3/h2*2-7H,1H2;2*1H2,2-3H3. The van der Waals surface area contributed by atoms with E-state index in [-0.39, 0.29) is 0 Å². The first kappa shape index (κ1) is 23.7. The number of rotatable bonds is 2. The van der Waals surface area contributed by atoms with Crippen molar-refractivity contribution in [2.24, 2.45) is 0 Å². The fourth-order valence-corrected chi connectivity index (χ4v) is 1.18. The average molecular weight is 321 g/mol. The van der Waals surface area contributed by atoms with Crippen molar-refractivity contribution in [1.29, 1.82) is 0 Å². The van der Waals surface area contributed by atoms with Gasteiger partial charge in [0.05, 0.1) is 0 Å². The zero-order valence-electron chi connectivity index (χ0n) is 15.8. The zero-order valence-corrected chi connectivity index (χ0v) is 15.8. The first-order chi connectivity index (χ1) is 11.3. The largest absolute Gasteiger partial charge is 0.100 e. The quantitative estimate of drug-likeness (QED) is 0.495. The van der Waals surface area contributed by atoms with Gasteiger partial charge in [0.1, 0.15) is 0 Å². The molecule has 0 unspecified atom stereocenters. The molecule has 0 fully saturated rings. The predicted molar refractivity (Wildman–Crippen MR) is 114 cm³/mol. The molecule has 2 aromatic rings. The highest BCUT2D eigenvalue weighted by atomic mass is 13.8. The van der Waals surface area contributed by atoms with E-state index in [0.29, 0.717) is 0 Å². The van der Waals surface area contributed by atoms with E-state index in [0.717, 1.165) is 0 Å². The number of hydrogen-bond donors (Lipinski definition) is 0. The van der Waals surface area contributed by atoms with E-state index in [2.05, 4.69) is 26.3 Å². The molecule has 0 N–H and O–H groups in total. The second-order valence-electron chi connectivity index (χ2n) is 5.64. The van der Waals surface area contributed by atoms with Gasteiger partial charge in [0, 0.05) is 0 Å². The topological polar surface area (TPSA) is 0 Å². The molecular weight excluding hydrogens is 288 g/mol. The van der Waals surface area contributed by atoms with Gasteiger partial charge in [-0.15, -0.1) is 13.2 Å². The lowest BCUT2D eigenvalue weighted by molar-refractivity contribution is 1.42. The summed E-state index contributed by atoms with van der Waals surface area (Å²) in [5.41, 5.74) is 4.68. The van der Waals surface area contributed by atoms with Crippen LogP contribution in [0.25, 0.3) is 12.2 Å². The molecule has 0 aliphatic heterocycles. The summed E-state index contributed by atoms with van der Waals surface area (Å²) in [6, 6.07) is 20.1. The van der Waals surface area contributed by atoms with Crippen LogP contribution in [-0.2, 0) is 0 Å². The Morgan fingerprint density at radius 3 is 0.917 bits per heavy atom. The normalized spacial score (nSPS) is 7.83. The molecule has 0 radical (unpaired) electrons. The maximum absolute atomic E-state index is 3.63. The summed E-state index contributed by atoms with van der Waals surface area (Å²) in [5.74, 6) is 0. The van der Waals surface area contributed by atoms with E-state index in [1.807, 2.05) is 101 Å². The van der Waals surface area contributed by atoms with Crippen LogP contribution in [0, 0.1) is 0 Å². The molecule has 24 heavy (non-hydrogen) atoms. The van der Waals surface area contributed by atoms with Crippen molar-refractivity contribution in [1.82, 2.24) is 0 Å². The third kappa shape index (κ3) is 21.7. The molecule has 0 atom stereocenters. The smallest absolute Gasteiger partial charge is 0.0263 e. The maximum atomic E-state index is 3.63. The number of allylic oxidation sites excluding steroid dienone is 2. The maximum Gasteiger partial charge on any atom is -0.0263 e. The van der Waals surface area contributed by atoms with Crippen molar-refractivity contribution in [3.8, 4) is 0 Å². The van der Waals surface area contributed by atoms with Gasteiger partial charge in [-0.2, -0.15) is 0 Å². The summed E-state index contributed by atoms with van der Waals surface area (Å²) < 4.78 is 0. The fraction of sp³-hybridized carbons (Fsp3) is 0.167. The lowest BCUT2D eigenvalue weighted by Crippen LogP contribution is -1.63. The van der Waals surface area contributed by atoms with E-state index in [1.165, 1.54) is 22.3 Å². The van der Waals surface area contributed by atoms with Gasteiger partial charge in [-0.1, -0.05) is 97.1 Å². The van der Waals surface area contributed by atoms with Crippen LogP contribution in [0.3, 0.4) is 0 Å². The van der Waals surface area contributed by atoms with E-state index in [9.17, 15) is 0 Å². The summed E-state index contributed by atoms with van der Waals surface area (Å²) >= 11 is 0. The monoisotopic (exact) mass is 320 g/mol. The first-order valence-corrected chi connectivity index (χ1v) is 7.92. The Labute approximate surface area is 149 Å². The highest BCUT2D eigenvalue weighted by molar-refractivity contribution is 5.46. The van der Waals surface area contributed by atoms with Gasteiger partial charge in [-0.25, -0.2) is 0 Å². The van der Waals surface area contributed by atoms with Gasteiger partial charge < -0.3 is 0 Å². The molecule has 2 aromatic carbocycles. The third-order valence-electron chi connectivity index (χ3n) is 2.07. The fourth-order valence-electron chi connectivity index (χ4n) is 1.18. The molecule has 0 heterocycles. The number of benzene rings is 2. The Bertz CT molecular complexity index is 510. The second-order valence-corrected chi connectivity index (χ2v) is 5.64. The Kier molecular flexibility index (Phi) is 16.5. The lowest BCUT2D eigenvalue weighted by atomic mass is 10.2. The summed E-state index contributed by atoms with van der Waals surface area (Å²) in [5, 5.41) is 0. The van der Waals surface area contributed by atoms with Crippen molar-refractivity contribution >= 4 is 12.2 Å². The Morgan fingerprint density at radius 2 is 0.792 bits per heavy atom. The molecule has 0 bridgehead atoms. The summed E-state index contributed by atoms with van der Waals surface area (Å²) in [6.45, 7) is 22.3. The lowest BCUT2D eigenvalue weighted by Gasteiger charge is -1.85. The minimum absolute atomic E-state index is 1.17. The summed E-state index contributed by atoms with van der Waals surface area (Å²) in [4.78, 5) is 0. The molecule has 0 saturated heterocycles. The molecule has 128 valence electrons. The zero-order chi connectivity index (χ0) is 18.8. The second kappa shape index (κ2) is 16.8. The molecule has 0 heteroatoms. The Balaban J connectivity index is 0. The molecule has 0 aliphatic carbocycles. The van der Waals surface area contributed by atoms with E-state index < -0.39 is 0 Å². The van der Waals surface area contributed by atoms with Crippen molar-refractivity contribution in [3.63, 3.8) is 0 Å². The van der Waals surface area contributed by atoms with E-state index in [4.69, 9.17) is 0 Å². The minimum atomic E-state index is 1.17. The van der Waals surface area contributed by atoms with Crippen LogP contribution >= 0.6 is 0 Å². The third-order valence-corrected chi connectivity index (χ3v) is 2.07. The van der Waals surface area contributed by atoms with Gasteiger partial charge in [-0.05, 0) is 38.8 Å². The number of hydrogen-bond acceptors (Lipinski definition) is 0. The van der Waals surface area contributed by atoms with Crippen molar-refractivity contribution in [2.45, 2.75) is 27.7 Å². The minimum Gasteiger partial charge on any atom is -0.100 e. The van der Waals surface area contributed by atoms with Gasteiger partial charge in [0.15, 0.2) is 0 Å². The molecule has 0 spiro atoms. The van der Waals surface area contributed by atoms with Crippen LogP contribution in [0.2, 0.25) is 0 Å². The van der Waals surface area contributed by atoms with Crippen LogP contribution in [0.4, 0.5) is 0 Å². The van der Waals surface area contributed by atoms with E-state index in [1.54, 1.807) is 0 Å². The molecular formula is C24H32. The molecule has 0 nitrogen and oxygen atoms in total. The Morgan fingerprint density at radius 1 is 0.583 bits per heavy atom. The Hall–Kier alpha value is -2.60. The van der Waals surface area contributed by atoms with Crippen LogP contribution < -0.4 is 0 Å². The molecule has 0 aromatic heterocycles. The van der Waals surface area contributed by atoms with Crippen molar-refractivity contribution in [3.05, 3.63) is 109 Å². The van der Waals surface area contributed by atoms with Gasteiger partial charge >= 0.3 is 0 Å². The van der Waals surface area contributed by atoms with E-state index >= 15 is 0 Å². The van der Waals surface area contributed by atoms with Crippen molar-refractivity contribution < 1.29 is 0 Å². The van der Waals surface area contributed by atoms with Crippen LogP contribution in [0.15, 0.2) is 98.1 Å². The van der Waals surface area contributed by atoms with Crippen LogP contribution in [-0.4, -0.2) is 0 Å². The molecule has 0 aliphatic rings. The van der Waals surface area contributed by atoms with Crippen LogP contribution in [0.5, 0.6) is 0 Å². The van der Waals surface area contributed by atoms with Gasteiger partial charge in [0.25, 0.3) is 0 Å². The van der Waals surface area contributed by atoms with Crippen molar-refractivity contribution in [2.75, 3.05) is 0 Å². The summed E-state index contributed by atoms with van der Waals surface area (Å²) in [6.07, 6.45) is 3.67. The SMILES string of the molecule is C=C(C)C.C=C(C)C.C=Cc1ccccc1.C=Cc1ccccc1. The molecule has 0 amide bonds. The predicted octanol–water partition coefficient (Wildman–Crippen LogP) is 7.82. The van der Waals surface area contributed by atoms with Crippen LogP contribution in [0.1, 0.15) is 38.8 Å². The highest BCUT2D eigenvalue weighted by Crippen LogP contribution is 1.98. The average Bonchev–Trinajstić information content (AvgIpc) is 2.56. The molecule has 0 saturated carbocycles. The van der Waals surface area contributed by atoms with Gasteiger partial charge in [-0.3, -0.25) is 0 Å². The van der Waals surface area contributed by atoms with Gasteiger partial charge in [0.2, 0.25) is 0 Å². The molecule has 2 rings (SSSR count). The highest BCUT2D eigenvalue weighted by Gasteiger charge is 1.76. The first-order valence-electron chi connectivity index (χ1n) is 7.92.